The Kier molecular flexibility index (Phi) is 4.50. The van der Waals surface area contributed by atoms with Gasteiger partial charge in [-0.1, -0.05) is 36.4 Å². The van der Waals surface area contributed by atoms with Crippen molar-refractivity contribution in [1.82, 2.24) is 4.98 Å². The quantitative estimate of drug-likeness (QED) is 0.835. The zero-order valence-electron chi connectivity index (χ0n) is 10.7. The highest BCUT2D eigenvalue weighted by molar-refractivity contribution is 5.78. The van der Waals surface area contributed by atoms with Crippen molar-refractivity contribution in [2.45, 2.75) is 19.6 Å². The Morgan fingerprint density at radius 1 is 1.21 bits per heavy atom. The molecule has 1 unspecified atom stereocenters. The molecule has 1 atom stereocenters. The number of hydrogen-bond donors (Lipinski definition) is 1. The molecule has 1 N–H and O–H groups in total. The lowest BCUT2D eigenvalue weighted by atomic mass is 10.2. The molecule has 0 spiro atoms. The van der Waals surface area contributed by atoms with Crippen molar-refractivity contribution in [1.29, 1.82) is 0 Å². The average molecular weight is 256 g/mol. The molecule has 0 aliphatic carbocycles. The molecule has 0 saturated carbocycles. The second-order valence-electron chi connectivity index (χ2n) is 4.17. The van der Waals surface area contributed by atoms with Gasteiger partial charge < -0.3 is 10.1 Å². The largest absolute Gasteiger partial charge is 0.459 e. The van der Waals surface area contributed by atoms with Gasteiger partial charge in [-0.15, -0.1) is 0 Å². The number of hydrogen-bond acceptors (Lipinski definition) is 4. The van der Waals surface area contributed by atoms with Crippen LogP contribution in [0.25, 0.3) is 0 Å². The van der Waals surface area contributed by atoms with E-state index in [2.05, 4.69) is 10.3 Å². The zero-order valence-corrected chi connectivity index (χ0v) is 10.7. The van der Waals surface area contributed by atoms with Crippen molar-refractivity contribution in [3.63, 3.8) is 0 Å². The van der Waals surface area contributed by atoms with Gasteiger partial charge >= 0.3 is 5.97 Å². The summed E-state index contributed by atoms with van der Waals surface area (Å²) in [5.74, 6) is 0.362. The van der Waals surface area contributed by atoms with Gasteiger partial charge in [0.1, 0.15) is 18.5 Å². The second-order valence-corrected chi connectivity index (χ2v) is 4.17. The molecule has 2 rings (SSSR count). The van der Waals surface area contributed by atoms with E-state index in [0.29, 0.717) is 5.82 Å². The summed E-state index contributed by atoms with van der Waals surface area (Å²) < 4.78 is 5.23. The van der Waals surface area contributed by atoms with E-state index >= 15 is 0 Å². The summed E-state index contributed by atoms with van der Waals surface area (Å²) >= 11 is 0. The number of rotatable bonds is 5. The minimum Gasteiger partial charge on any atom is -0.459 e. The van der Waals surface area contributed by atoms with Gasteiger partial charge in [-0.3, -0.25) is 0 Å². The fourth-order valence-electron chi connectivity index (χ4n) is 1.58. The molecule has 2 aromatic rings. The summed E-state index contributed by atoms with van der Waals surface area (Å²) in [6.45, 7) is 2.04. The van der Waals surface area contributed by atoms with Crippen LogP contribution in [0.2, 0.25) is 0 Å². The minimum absolute atomic E-state index is 0.286. The molecular formula is C15H16N2O2. The first-order chi connectivity index (χ1) is 9.25. The van der Waals surface area contributed by atoms with Gasteiger partial charge in [0, 0.05) is 6.20 Å². The number of anilines is 1. The van der Waals surface area contributed by atoms with Gasteiger partial charge in [0.25, 0.3) is 0 Å². The standard InChI is InChI=1S/C15H16N2O2/c1-12(17-14-9-5-6-10-16-14)15(18)19-11-13-7-3-2-4-8-13/h2-10,12H,11H2,1H3,(H,16,17). The third kappa shape index (κ3) is 4.10. The van der Waals surface area contributed by atoms with Crippen LogP contribution in [0.1, 0.15) is 12.5 Å². The molecule has 98 valence electrons. The highest BCUT2D eigenvalue weighted by atomic mass is 16.5. The van der Waals surface area contributed by atoms with Gasteiger partial charge in [-0.25, -0.2) is 9.78 Å². The van der Waals surface area contributed by atoms with Crippen LogP contribution in [0.15, 0.2) is 54.7 Å². The predicted octanol–water partition coefficient (Wildman–Crippen LogP) is 2.63. The van der Waals surface area contributed by atoms with Crippen LogP contribution in [-0.4, -0.2) is 17.0 Å². The van der Waals surface area contributed by atoms with Crippen LogP contribution in [0.5, 0.6) is 0 Å². The number of benzene rings is 1. The van der Waals surface area contributed by atoms with Crippen molar-refractivity contribution in [3.8, 4) is 0 Å². The van der Waals surface area contributed by atoms with Crippen LogP contribution in [0, 0.1) is 0 Å². The maximum atomic E-state index is 11.8. The summed E-state index contributed by atoms with van der Waals surface area (Å²) in [5, 5.41) is 2.99. The average Bonchev–Trinajstić information content (AvgIpc) is 2.47. The number of aromatic nitrogens is 1. The maximum Gasteiger partial charge on any atom is 0.328 e. The fraction of sp³-hybridized carbons (Fsp3) is 0.200. The molecule has 4 nitrogen and oxygen atoms in total. The molecule has 0 fully saturated rings. The Labute approximate surface area is 112 Å². The molecule has 4 heteroatoms. The molecule has 0 bridgehead atoms. The molecule has 0 saturated heterocycles. The van der Waals surface area contributed by atoms with Crippen molar-refractivity contribution in [2.24, 2.45) is 0 Å². The minimum atomic E-state index is -0.432. The van der Waals surface area contributed by atoms with E-state index in [1.807, 2.05) is 42.5 Å². The number of carbonyl (C=O) groups excluding carboxylic acids is 1. The maximum absolute atomic E-state index is 11.8. The van der Waals surface area contributed by atoms with E-state index < -0.39 is 6.04 Å². The third-order valence-electron chi connectivity index (χ3n) is 2.61. The van der Waals surface area contributed by atoms with Gasteiger partial charge in [0.05, 0.1) is 0 Å². The lowest BCUT2D eigenvalue weighted by molar-refractivity contribution is -0.145. The second kappa shape index (κ2) is 6.54. The van der Waals surface area contributed by atoms with Gasteiger partial charge in [0.15, 0.2) is 0 Å². The van der Waals surface area contributed by atoms with E-state index in [1.165, 1.54) is 0 Å². The molecule has 0 aliphatic rings. The van der Waals surface area contributed by atoms with Crippen LogP contribution < -0.4 is 5.32 Å². The van der Waals surface area contributed by atoms with Crippen LogP contribution in [0.4, 0.5) is 5.82 Å². The van der Waals surface area contributed by atoms with Gasteiger partial charge in [0.2, 0.25) is 0 Å². The number of ether oxygens (including phenoxy) is 1. The molecule has 0 radical (unpaired) electrons. The highest BCUT2D eigenvalue weighted by Gasteiger charge is 2.14. The predicted molar refractivity (Wildman–Crippen MR) is 73.6 cm³/mol. The van der Waals surface area contributed by atoms with Gasteiger partial charge in [-0.2, -0.15) is 0 Å². The van der Waals surface area contributed by atoms with E-state index in [-0.39, 0.29) is 12.6 Å². The van der Waals surface area contributed by atoms with Crippen molar-refractivity contribution < 1.29 is 9.53 Å². The summed E-state index contributed by atoms with van der Waals surface area (Å²) in [7, 11) is 0. The van der Waals surface area contributed by atoms with E-state index in [4.69, 9.17) is 4.74 Å². The molecule has 0 aliphatic heterocycles. The Hall–Kier alpha value is -2.36. The van der Waals surface area contributed by atoms with Crippen LogP contribution in [0.3, 0.4) is 0 Å². The highest BCUT2D eigenvalue weighted by Crippen LogP contribution is 2.06. The molecular weight excluding hydrogens is 240 g/mol. The summed E-state index contributed by atoms with van der Waals surface area (Å²) in [6, 6.07) is 14.7. The Bertz CT molecular complexity index is 514. The lowest BCUT2D eigenvalue weighted by Gasteiger charge is -2.13. The third-order valence-corrected chi connectivity index (χ3v) is 2.61. The summed E-state index contributed by atoms with van der Waals surface area (Å²) in [5.41, 5.74) is 0.973. The first-order valence-electron chi connectivity index (χ1n) is 6.14. The number of pyridine rings is 1. The number of nitrogens with zero attached hydrogens (tertiary/aromatic N) is 1. The molecule has 1 aromatic heterocycles. The molecule has 0 amide bonds. The zero-order chi connectivity index (χ0) is 13.5. The van der Waals surface area contributed by atoms with E-state index in [1.54, 1.807) is 19.2 Å². The van der Waals surface area contributed by atoms with Crippen molar-refractivity contribution in [2.75, 3.05) is 5.32 Å². The molecule has 19 heavy (non-hydrogen) atoms. The van der Waals surface area contributed by atoms with E-state index in [9.17, 15) is 4.79 Å². The lowest BCUT2D eigenvalue weighted by Crippen LogP contribution is -2.28. The summed E-state index contributed by atoms with van der Waals surface area (Å²) in [4.78, 5) is 15.9. The topological polar surface area (TPSA) is 51.2 Å². The van der Waals surface area contributed by atoms with Crippen molar-refractivity contribution in [3.05, 3.63) is 60.3 Å². The number of esters is 1. The van der Waals surface area contributed by atoms with Crippen LogP contribution >= 0.6 is 0 Å². The fourth-order valence-corrected chi connectivity index (χ4v) is 1.58. The monoisotopic (exact) mass is 256 g/mol. The van der Waals surface area contributed by atoms with Crippen LogP contribution in [-0.2, 0) is 16.1 Å². The molecule has 1 aromatic carbocycles. The van der Waals surface area contributed by atoms with Crippen molar-refractivity contribution >= 4 is 11.8 Å². The normalized spacial score (nSPS) is 11.6. The number of carbonyl (C=O) groups is 1. The Morgan fingerprint density at radius 2 is 1.95 bits per heavy atom. The smallest absolute Gasteiger partial charge is 0.328 e. The molecule has 1 heterocycles. The Morgan fingerprint density at radius 3 is 2.63 bits per heavy atom. The Balaban J connectivity index is 1.83. The number of nitrogens with one attached hydrogen (secondary N) is 1. The van der Waals surface area contributed by atoms with Gasteiger partial charge in [-0.05, 0) is 24.6 Å². The SMILES string of the molecule is CC(Nc1ccccn1)C(=O)OCc1ccccc1. The summed E-state index contributed by atoms with van der Waals surface area (Å²) in [6.07, 6.45) is 1.67. The first kappa shape index (κ1) is 13.1. The van der Waals surface area contributed by atoms with E-state index in [0.717, 1.165) is 5.56 Å². The first-order valence-corrected chi connectivity index (χ1v) is 6.14.